The quantitative estimate of drug-likeness (QED) is 0.517. The maximum Gasteiger partial charge on any atom is 0.437 e. The van der Waals surface area contributed by atoms with E-state index in [1.165, 1.54) is 0 Å². The molecule has 0 bridgehead atoms. The molecule has 0 unspecified atom stereocenters. The molecule has 112 valence electrons. The molecule has 2 amide bonds. The van der Waals surface area contributed by atoms with Crippen LogP contribution in [0.2, 0.25) is 0 Å². The number of amides is 2. The van der Waals surface area contributed by atoms with Gasteiger partial charge in [-0.05, 0) is 31.2 Å². The number of anilines is 2. The van der Waals surface area contributed by atoms with Gasteiger partial charge in [-0.3, -0.25) is 14.9 Å². The molecule has 6 nitrogen and oxygen atoms in total. The van der Waals surface area contributed by atoms with Crippen molar-refractivity contribution in [2.45, 2.75) is 6.92 Å². The van der Waals surface area contributed by atoms with Crippen LogP contribution in [0.1, 0.15) is 5.56 Å². The molecule has 0 fully saturated rings. The molecule has 0 heterocycles. The zero-order chi connectivity index (χ0) is 15.8. The standard InChI is InChI=1S/C16H15N3O3/c1-12-7-9-14(10-8-12)18-15(20)11-17-22-16(21)19-13-5-3-2-4-6-13/h2-11H,1H3,(H,18,20)(H,19,21)/b17-11-. The van der Waals surface area contributed by atoms with Crippen molar-refractivity contribution in [3.8, 4) is 0 Å². The van der Waals surface area contributed by atoms with Gasteiger partial charge in [-0.15, -0.1) is 0 Å². The van der Waals surface area contributed by atoms with E-state index >= 15 is 0 Å². The minimum Gasteiger partial charge on any atom is -0.321 e. The fraction of sp³-hybridized carbons (Fsp3) is 0.0625. The van der Waals surface area contributed by atoms with Crippen LogP contribution in [0.5, 0.6) is 0 Å². The van der Waals surface area contributed by atoms with Crippen molar-refractivity contribution in [1.29, 1.82) is 0 Å². The predicted molar refractivity (Wildman–Crippen MR) is 84.8 cm³/mol. The van der Waals surface area contributed by atoms with E-state index < -0.39 is 12.0 Å². The number of nitrogens with one attached hydrogen (secondary N) is 2. The number of benzene rings is 2. The van der Waals surface area contributed by atoms with Crippen molar-refractivity contribution < 1.29 is 14.4 Å². The number of rotatable bonds is 4. The zero-order valence-corrected chi connectivity index (χ0v) is 11.9. The van der Waals surface area contributed by atoms with Crippen molar-refractivity contribution in [3.63, 3.8) is 0 Å². The number of carbonyl (C=O) groups is 2. The van der Waals surface area contributed by atoms with Gasteiger partial charge in [0.25, 0.3) is 5.91 Å². The van der Waals surface area contributed by atoms with Gasteiger partial charge in [0, 0.05) is 11.4 Å². The van der Waals surface area contributed by atoms with Crippen molar-refractivity contribution >= 4 is 29.6 Å². The van der Waals surface area contributed by atoms with E-state index in [0.717, 1.165) is 11.8 Å². The Labute approximate surface area is 127 Å². The summed E-state index contributed by atoms with van der Waals surface area (Å²) in [6, 6.07) is 16.1. The molecule has 0 aliphatic carbocycles. The van der Waals surface area contributed by atoms with E-state index in [0.29, 0.717) is 11.4 Å². The first-order valence-electron chi connectivity index (χ1n) is 6.57. The highest BCUT2D eigenvalue weighted by molar-refractivity contribution is 6.31. The average molecular weight is 297 g/mol. The normalized spacial score (nSPS) is 10.2. The lowest BCUT2D eigenvalue weighted by Gasteiger charge is -2.02. The molecular formula is C16H15N3O3. The van der Waals surface area contributed by atoms with Crippen LogP contribution in [-0.2, 0) is 9.63 Å². The molecule has 0 aromatic heterocycles. The highest BCUT2D eigenvalue weighted by atomic mass is 16.7. The molecular weight excluding hydrogens is 282 g/mol. The zero-order valence-electron chi connectivity index (χ0n) is 11.9. The number of hydrogen-bond acceptors (Lipinski definition) is 4. The third kappa shape index (κ3) is 5.09. The third-order valence-corrected chi connectivity index (χ3v) is 2.64. The van der Waals surface area contributed by atoms with Crippen LogP contribution in [0.3, 0.4) is 0 Å². The Morgan fingerprint density at radius 2 is 1.59 bits per heavy atom. The number of carbonyl (C=O) groups excluding carboxylic acids is 2. The molecule has 0 atom stereocenters. The second kappa shape index (κ2) is 7.58. The maximum absolute atomic E-state index is 11.6. The van der Waals surface area contributed by atoms with Crippen LogP contribution >= 0.6 is 0 Å². The molecule has 0 spiro atoms. The van der Waals surface area contributed by atoms with E-state index in [9.17, 15) is 9.59 Å². The molecule has 0 saturated carbocycles. The minimum atomic E-state index is -0.773. The van der Waals surface area contributed by atoms with Crippen LogP contribution in [0.25, 0.3) is 0 Å². The summed E-state index contributed by atoms with van der Waals surface area (Å²) in [7, 11) is 0. The number of hydrogen-bond donors (Lipinski definition) is 2. The van der Waals surface area contributed by atoms with E-state index in [1.807, 2.05) is 25.1 Å². The van der Waals surface area contributed by atoms with E-state index in [2.05, 4.69) is 20.6 Å². The first-order chi connectivity index (χ1) is 10.6. The van der Waals surface area contributed by atoms with Crippen LogP contribution in [0, 0.1) is 6.92 Å². The van der Waals surface area contributed by atoms with Gasteiger partial charge in [0.15, 0.2) is 0 Å². The second-order valence-corrected chi connectivity index (χ2v) is 4.46. The molecule has 6 heteroatoms. The topological polar surface area (TPSA) is 79.8 Å². The van der Waals surface area contributed by atoms with Crippen molar-refractivity contribution in [3.05, 3.63) is 60.2 Å². The number of oxime groups is 1. The molecule has 2 aromatic carbocycles. The van der Waals surface area contributed by atoms with Crippen molar-refractivity contribution in [2.24, 2.45) is 5.16 Å². The second-order valence-electron chi connectivity index (χ2n) is 4.46. The van der Waals surface area contributed by atoms with Crippen LogP contribution in [-0.4, -0.2) is 18.2 Å². The lowest BCUT2D eigenvalue weighted by Crippen LogP contribution is -2.15. The Morgan fingerprint density at radius 3 is 2.27 bits per heavy atom. The maximum atomic E-state index is 11.6. The average Bonchev–Trinajstić information content (AvgIpc) is 2.50. The van der Waals surface area contributed by atoms with Gasteiger partial charge in [-0.25, -0.2) is 4.79 Å². The Hall–Kier alpha value is -3.15. The summed E-state index contributed by atoms with van der Waals surface area (Å²) in [6.07, 6.45) is 0.121. The molecule has 0 radical (unpaired) electrons. The van der Waals surface area contributed by atoms with Crippen LogP contribution in [0.4, 0.5) is 16.2 Å². The number of aryl methyl sites for hydroxylation is 1. The van der Waals surface area contributed by atoms with Gasteiger partial charge in [0.2, 0.25) is 0 Å². The van der Waals surface area contributed by atoms with E-state index in [1.54, 1.807) is 36.4 Å². The van der Waals surface area contributed by atoms with Crippen molar-refractivity contribution in [2.75, 3.05) is 10.6 Å². The summed E-state index contributed by atoms with van der Waals surface area (Å²) >= 11 is 0. The highest BCUT2D eigenvalue weighted by Crippen LogP contribution is 2.08. The molecule has 2 aromatic rings. The Bertz CT molecular complexity index is 667. The summed E-state index contributed by atoms with van der Waals surface area (Å²) in [5, 5.41) is 8.39. The minimum absolute atomic E-state index is 0.489. The summed E-state index contributed by atoms with van der Waals surface area (Å²) in [4.78, 5) is 27.5. The van der Waals surface area contributed by atoms with Crippen LogP contribution in [0.15, 0.2) is 59.8 Å². The molecule has 0 saturated heterocycles. The van der Waals surface area contributed by atoms with Gasteiger partial charge in [-0.2, -0.15) is 0 Å². The summed E-state index contributed by atoms with van der Waals surface area (Å²) in [5.41, 5.74) is 2.30. The monoisotopic (exact) mass is 297 g/mol. The molecule has 2 rings (SSSR count). The third-order valence-electron chi connectivity index (χ3n) is 2.64. The van der Waals surface area contributed by atoms with Gasteiger partial charge >= 0.3 is 6.09 Å². The van der Waals surface area contributed by atoms with Gasteiger partial charge in [0.1, 0.15) is 6.21 Å². The molecule has 2 N–H and O–H groups in total. The van der Waals surface area contributed by atoms with Gasteiger partial charge < -0.3 is 5.32 Å². The fourth-order valence-corrected chi connectivity index (χ4v) is 1.60. The SMILES string of the molecule is Cc1ccc(NC(=O)/C=N\OC(=O)Nc2ccccc2)cc1. The largest absolute Gasteiger partial charge is 0.437 e. The Morgan fingerprint density at radius 1 is 0.955 bits per heavy atom. The lowest BCUT2D eigenvalue weighted by molar-refractivity contribution is -0.110. The summed E-state index contributed by atoms with van der Waals surface area (Å²) < 4.78 is 0. The first kappa shape index (κ1) is 15.2. The summed E-state index contributed by atoms with van der Waals surface area (Å²) in [5.74, 6) is -0.489. The lowest BCUT2D eigenvalue weighted by atomic mass is 10.2. The van der Waals surface area contributed by atoms with E-state index in [-0.39, 0.29) is 0 Å². The van der Waals surface area contributed by atoms with Crippen molar-refractivity contribution in [1.82, 2.24) is 0 Å². The van der Waals surface area contributed by atoms with E-state index in [4.69, 9.17) is 0 Å². The number of para-hydroxylation sites is 1. The summed E-state index contributed by atoms with van der Waals surface area (Å²) in [6.45, 7) is 1.95. The number of nitrogens with zero attached hydrogens (tertiary/aromatic N) is 1. The molecule has 22 heavy (non-hydrogen) atoms. The molecule has 0 aliphatic rings. The smallest absolute Gasteiger partial charge is 0.321 e. The molecule has 0 aliphatic heterocycles. The first-order valence-corrected chi connectivity index (χ1v) is 6.57. The van der Waals surface area contributed by atoms with Crippen LogP contribution < -0.4 is 10.6 Å². The Kier molecular flexibility index (Phi) is 5.25. The highest BCUT2D eigenvalue weighted by Gasteiger charge is 2.03. The van der Waals surface area contributed by atoms with Gasteiger partial charge in [0.05, 0.1) is 0 Å². The van der Waals surface area contributed by atoms with Gasteiger partial charge in [-0.1, -0.05) is 41.1 Å². The predicted octanol–water partition coefficient (Wildman–Crippen LogP) is 3.17. The Balaban J connectivity index is 1.78. The fourth-order valence-electron chi connectivity index (χ4n) is 1.60.